The maximum atomic E-state index is 13.6. The number of rotatable bonds is 5. The normalized spacial score (nSPS) is 10.8. The highest BCUT2D eigenvalue weighted by molar-refractivity contribution is 6.06. The number of halogens is 1. The Morgan fingerprint density at radius 3 is 2.09 bits per heavy atom. The SMILES string of the molecule is COc1ccc(Oc2cc3c(cc2NC(=O)c2cccc(F)c2)n(C)c(=O)c(=O)n3C)cc1. The summed E-state index contributed by atoms with van der Waals surface area (Å²) in [7, 11) is 4.49. The molecule has 0 fully saturated rings. The van der Waals surface area contributed by atoms with E-state index in [4.69, 9.17) is 9.47 Å². The van der Waals surface area contributed by atoms with Gasteiger partial charge in [0.05, 0.1) is 23.8 Å². The lowest BCUT2D eigenvalue weighted by Crippen LogP contribution is -2.39. The Hall–Kier alpha value is -4.40. The number of anilines is 1. The molecular formula is C24H20FN3O5. The first-order valence-electron chi connectivity index (χ1n) is 9.91. The summed E-state index contributed by atoms with van der Waals surface area (Å²) in [5.74, 6) is 0.201. The van der Waals surface area contributed by atoms with Gasteiger partial charge in [0.2, 0.25) is 0 Å². The molecule has 1 aromatic heterocycles. The molecule has 0 unspecified atom stereocenters. The maximum Gasteiger partial charge on any atom is 0.316 e. The van der Waals surface area contributed by atoms with Crippen molar-refractivity contribution in [3.63, 3.8) is 0 Å². The van der Waals surface area contributed by atoms with Gasteiger partial charge in [-0.2, -0.15) is 0 Å². The fraction of sp³-hybridized carbons (Fsp3) is 0.125. The molecule has 168 valence electrons. The molecule has 0 aliphatic heterocycles. The molecule has 0 radical (unpaired) electrons. The number of hydrogen-bond acceptors (Lipinski definition) is 5. The molecule has 4 rings (SSSR count). The lowest BCUT2D eigenvalue weighted by atomic mass is 10.2. The Morgan fingerprint density at radius 2 is 1.48 bits per heavy atom. The lowest BCUT2D eigenvalue weighted by Gasteiger charge is -2.16. The summed E-state index contributed by atoms with van der Waals surface area (Å²) in [5.41, 5.74) is -0.234. The van der Waals surface area contributed by atoms with Crippen LogP contribution in [0.5, 0.6) is 17.2 Å². The van der Waals surface area contributed by atoms with Crippen molar-refractivity contribution in [1.82, 2.24) is 9.13 Å². The molecule has 0 bridgehead atoms. The Balaban J connectivity index is 1.85. The van der Waals surface area contributed by atoms with Crippen LogP contribution in [0.1, 0.15) is 10.4 Å². The van der Waals surface area contributed by atoms with Gasteiger partial charge in [0.1, 0.15) is 17.3 Å². The molecule has 0 spiro atoms. The zero-order valence-corrected chi connectivity index (χ0v) is 18.1. The third kappa shape index (κ3) is 4.20. The van der Waals surface area contributed by atoms with Gasteiger partial charge in [0, 0.05) is 25.7 Å². The summed E-state index contributed by atoms with van der Waals surface area (Å²) >= 11 is 0. The number of benzene rings is 3. The molecule has 0 saturated carbocycles. The third-order valence-electron chi connectivity index (χ3n) is 5.21. The van der Waals surface area contributed by atoms with E-state index in [9.17, 15) is 18.8 Å². The smallest absolute Gasteiger partial charge is 0.316 e. The van der Waals surface area contributed by atoms with Crippen LogP contribution in [0.2, 0.25) is 0 Å². The van der Waals surface area contributed by atoms with Gasteiger partial charge in [-0.3, -0.25) is 14.4 Å². The number of methoxy groups -OCH3 is 1. The van der Waals surface area contributed by atoms with Crippen LogP contribution in [-0.2, 0) is 14.1 Å². The number of hydrogen-bond donors (Lipinski definition) is 1. The number of carbonyl (C=O) groups is 1. The molecular weight excluding hydrogens is 429 g/mol. The van der Waals surface area contributed by atoms with Gasteiger partial charge in [-0.25, -0.2) is 4.39 Å². The molecule has 9 heteroatoms. The molecule has 1 heterocycles. The Kier molecular flexibility index (Phi) is 5.70. The van der Waals surface area contributed by atoms with Crippen LogP contribution in [0.4, 0.5) is 10.1 Å². The highest BCUT2D eigenvalue weighted by Gasteiger charge is 2.17. The third-order valence-corrected chi connectivity index (χ3v) is 5.21. The van der Waals surface area contributed by atoms with Crippen LogP contribution >= 0.6 is 0 Å². The van der Waals surface area contributed by atoms with Crippen LogP contribution in [0.25, 0.3) is 11.0 Å². The number of ether oxygens (including phenoxy) is 2. The first-order valence-corrected chi connectivity index (χ1v) is 9.91. The second kappa shape index (κ2) is 8.62. The molecule has 4 aromatic rings. The minimum Gasteiger partial charge on any atom is -0.497 e. The van der Waals surface area contributed by atoms with Crippen molar-refractivity contribution in [3.05, 3.63) is 92.8 Å². The van der Waals surface area contributed by atoms with E-state index in [2.05, 4.69) is 5.32 Å². The molecule has 0 aliphatic carbocycles. The summed E-state index contributed by atoms with van der Waals surface area (Å²) in [6.45, 7) is 0. The van der Waals surface area contributed by atoms with Crippen molar-refractivity contribution >= 4 is 22.6 Å². The topological polar surface area (TPSA) is 91.6 Å². The molecule has 1 N–H and O–H groups in total. The molecule has 0 aliphatic rings. The average Bonchev–Trinajstić information content (AvgIpc) is 2.82. The molecule has 1 amide bonds. The van der Waals surface area contributed by atoms with E-state index >= 15 is 0 Å². The van der Waals surface area contributed by atoms with Crippen LogP contribution < -0.4 is 25.9 Å². The van der Waals surface area contributed by atoms with Crippen molar-refractivity contribution in [2.75, 3.05) is 12.4 Å². The van der Waals surface area contributed by atoms with E-state index in [-0.39, 0.29) is 17.0 Å². The van der Waals surface area contributed by atoms with Crippen molar-refractivity contribution < 1.29 is 18.7 Å². The van der Waals surface area contributed by atoms with E-state index in [1.165, 1.54) is 47.5 Å². The summed E-state index contributed by atoms with van der Waals surface area (Å²) < 4.78 is 27.2. The van der Waals surface area contributed by atoms with Gasteiger partial charge < -0.3 is 23.9 Å². The second-order valence-electron chi connectivity index (χ2n) is 7.31. The maximum absolute atomic E-state index is 13.6. The largest absolute Gasteiger partial charge is 0.497 e. The van der Waals surface area contributed by atoms with E-state index in [0.717, 1.165) is 6.07 Å². The lowest BCUT2D eigenvalue weighted by molar-refractivity contribution is 0.102. The number of aromatic nitrogens is 2. The van der Waals surface area contributed by atoms with Crippen molar-refractivity contribution in [2.24, 2.45) is 14.1 Å². The summed E-state index contributed by atoms with van der Waals surface area (Å²) in [5, 5.41) is 2.71. The fourth-order valence-electron chi connectivity index (χ4n) is 3.38. The second-order valence-corrected chi connectivity index (χ2v) is 7.31. The Morgan fingerprint density at radius 1 is 0.879 bits per heavy atom. The minimum atomic E-state index is -0.712. The monoisotopic (exact) mass is 449 g/mol. The standard InChI is InChI=1S/C24H20FN3O5/c1-27-19-12-18(26-22(29)14-5-4-6-15(25)11-14)21(13-20(19)28(2)24(31)23(27)30)33-17-9-7-16(32-3)8-10-17/h4-13H,1-3H3,(H,26,29). The Bertz CT molecular complexity index is 1490. The summed E-state index contributed by atoms with van der Waals surface area (Å²) in [4.78, 5) is 37.4. The van der Waals surface area contributed by atoms with Gasteiger partial charge in [-0.05, 0) is 48.5 Å². The quantitative estimate of drug-likeness (QED) is 0.472. The predicted octanol–water partition coefficient (Wildman–Crippen LogP) is 3.43. The fourth-order valence-corrected chi connectivity index (χ4v) is 3.38. The van der Waals surface area contributed by atoms with Gasteiger partial charge in [0.25, 0.3) is 5.91 Å². The van der Waals surface area contributed by atoms with Gasteiger partial charge in [-0.15, -0.1) is 0 Å². The van der Waals surface area contributed by atoms with E-state index < -0.39 is 22.8 Å². The molecule has 0 saturated heterocycles. The van der Waals surface area contributed by atoms with Crippen LogP contribution in [0.15, 0.2) is 70.3 Å². The highest BCUT2D eigenvalue weighted by atomic mass is 19.1. The van der Waals surface area contributed by atoms with Crippen molar-refractivity contribution in [3.8, 4) is 17.2 Å². The summed E-state index contributed by atoms with van der Waals surface area (Å²) in [6, 6.07) is 15.1. The van der Waals surface area contributed by atoms with Gasteiger partial charge in [0.15, 0.2) is 5.75 Å². The van der Waals surface area contributed by atoms with E-state index in [1.54, 1.807) is 37.4 Å². The molecule has 8 nitrogen and oxygen atoms in total. The van der Waals surface area contributed by atoms with Crippen LogP contribution in [0.3, 0.4) is 0 Å². The molecule has 3 aromatic carbocycles. The number of aryl methyl sites for hydroxylation is 2. The number of fused-ring (bicyclic) bond motifs is 1. The highest BCUT2D eigenvalue weighted by Crippen LogP contribution is 2.34. The van der Waals surface area contributed by atoms with Crippen molar-refractivity contribution in [1.29, 1.82) is 0 Å². The minimum absolute atomic E-state index is 0.111. The number of amides is 1. The molecule has 33 heavy (non-hydrogen) atoms. The number of nitrogens with one attached hydrogen (secondary N) is 1. The Labute approximate surface area is 187 Å². The first-order chi connectivity index (χ1) is 15.8. The predicted molar refractivity (Wildman–Crippen MR) is 122 cm³/mol. The first kappa shape index (κ1) is 21.8. The number of carbonyl (C=O) groups excluding carboxylic acids is 1. The van der Waals surface area contributed by atoms with E-state index in [0.29, 0.717) is 22.5 Å². The van der Waals surface area contributed by atoms with Gasteiger partial charge >= 0.3 is 11.1 Å². The average molecular weight is 449 g/mol. The zero-order chi connectivity index (χ0) is 23.7. The van der Waals surface area contributed by atoms with Gasteiger partial charge in [-0.1, -0.05) is 6.07 Å². The number of nitrogens with zero attached hydrogens (tertiary/aromatic N) is 2. The van der Waals surface area contributed by atoms with Crippen LogP contribution in [-0.4, -0.2) is 22.2 Å². The zero-order valence-electron chi connectivity index (χ0n) is 18.1. The summed E-state index contributed by atoms with van der Waals surface area (Å²) in [6.07, 6.45) is 0. The molecule has 0 atom stereocenters. The van der Waals surface area contributed by atoms with Crippen LogP contribution in [0, 0.1) is 5.82 Å². The van der Waals surface area contributed by atoms with E-state index in [1.807, 2.05) is 0 Å². The van der Waals surface area contributed by atoms with Crippen molar-refractivity contribution in [2.45, 2.75) is 0 Å².